The Bertz CT molecular complexity index is 2410. The van der Waals surface area contributed by atoms with E-state index in [1.54, 1.807) is 17.0 Å². The molecule has 3 aliphatic rings. The van der Waals surface area contributed by atoms with Crippen molar-refractivity contribution in [2.45, 2.75) is 44.8 Å². The fourth-order valence-electron chi connectivity index (χ4n) is 8.74. The third kappa shape index (κ3) is 6.64. The van der Waals surface area contributed by atoms with Gasteiger partial charge in [0.2, 0.25) is 0 Å². The molecule has 6 aromatic rings. The first-order chi connectivity index (χ1) is 26.8. The Balaban J connectivity index is 1.12. The maximum absolute atomic E-state index is 15.1. The van der Waals surface area contributed by atoms with Crippen LogP contribution in [0.3, 0.4) is 0 Å². The van der Waals surface area contributed by atoms with Crippen molar-refractivity contribution in [1.29, 1.82) is 0 Å². The van der Waals surface area contributed by atoms with Gasteiger partial charge in [0.05, 0.1) is 24.5 Å². The number of aromatic nitrogens is 2. The van der Waals surface area contributed by atoms with Crippen LogP contribution >= 0.6 is 11.6 Å². The lowest BCUT2D eigenvalue weighted by atomic mass is 9.92. The van der Waals surface area contributed by atoms with E-state index in [0.717, 1.165) is 89.4 Å². The smallest absolute Gasteiger partial charge is 0.264 e. The molecule has 280 valence electrons. The number of anilines is 2. The molecule has 0 unspecified atom stereocenters. The second-order valence-corrected chi connectivity index (χ2v) is 15.3. The minimum absolute atomic E-state index is 0.0393. The van der Waals surface area contributed by atoms with Crippen LogP contribution in [-0.2, 0) is 37.7 Å². The monoisotopic (exact) mass is 755 g/mol. The predicted molar refractivity (Wildman–Crippen MR) is 215 cm³/mol. The summed E-state index contributed by atoms with van der Waals surface area (Å²) < 4.78 is 24.1. The van der Waals surface area contributed by atoms with Crippen LogP contribution in [0, 0.1) is 5.82 Å². The fourth-order valence-corrected chi connectivity index (χ4v) is 9.01. The SMILES string of the molecule is Cn1ccc2ccc(N(C(=O)c3cc(-c4ccccc4C(=O)N4Cc5cccc(Cl)c5C[C@H]4CN4CCOCC4)n4c3CCCC4)c3ccc(F)cc3)cc21. The lowest BCUT2D eigenvalue weighted by Gasteiger charge is -2.41. The van der Waals surface area contributed by atoms with Crippen LogP contribution in [0.2, 0.25) is 5.02 Å². The molecule has 4 aromatic carbocycles. The summed E-state index contributed by atoms with van der Waals surface area (Å²) in [6.45, 7) is 4.95. The Morgan fingerprint density at radius 2 is 1.67 bits per heavy atom. The molecule has 1 saturated heterocycles. The molecule has 9 rings (SSSR count). The van der Waals surface area contributed by atoms with Gasteiger partial charge in [0, 0.05) is 90.8 Å². The number of carbonyl (C=O) groups excluding carboxylic acids is 2. The lowest BCUT2D eigenvalue weighted by Crippen LogP contribution is -2.52. The highest BCUT2D eigenvalue weighted by Crippen LogP contribution is 2.38. The number of hydrogen-bond donors (Lipinski definition) is 0. The van der Waals surface area contributed by atoms with E-state index >= 15 is 9.59 Å². The van der Waals surface area contributed by atoms with E-state index in [4.69, 9.17) is 16.3 Å². The maximum Gasteiger partial charge on any atom is 0.264 e. The van der Waals surface area contributed by atoms with E-state index in [0.29, 0.717) is 48.7 Å². The van der Waals surface area contributed by atoms with Crippen LogP contribution in [0.25, 0.3) is 22.2 Å². The highest BCUT2D eigenvalue weighted by molar-refractivity contribution is 6.31. The molecule has 5 heterocycles. The highest BCUT2D eigenvalue weighted by Gasteiger charge is 2.35. The van der Waals surface area contributed by atoms with Gasteiger partial charge in [0.15, 0.2) is 0 Å². The molecule has 0 radical (unpaired) electrons. The summed E-state index contributed by atoms with van der Waals surface area (Å²) in [5, 5.41) is 1.81. The van der Waals surface area contributed by atoms with Crippen LogP contribution in [-0.4, -0.2) is 69.6 Å². The number of amides is 2. The van der Waals surface area contributed by atoms with Crippen molar-refractivity contribution in [1.82, 2.24) is 18.9 Å². The van der Waals surface area contributed by atoms with Crippen molar-refractivity contribution in [3.63, 3.8) is 0 Å². The van der Waals surface area contributed by atoms with Crippen LogP contribution in [0.1, 0.15) is 50.4 Å². The van der Waals surface area contributed by atoms with Gasteiger partial charge in [-0.15, -0.1) is 0 Å². The van der Waals surface area contributed by atoms with Gasteiger partial charge < -0.3 is 18.8 Å². The van der Waals surface area contributed by atoms with E-state index in [9.17, 15) is 4.39 Å². The number of morpholine rings is 1. The molecule has 1 fully saturated rings. The second-order valence-electron chi connectivity index (χ2n) is 14.9. The van der Waals surface area contributed by atoms with E-state index in [-0.39, 0.29) is 23.7 Å². The highest BCUT2D eigenvalue weighted by atomic mass is 35.5. The number of fused-ring (bicyclic) bond motifs is 3. The molecule has 3 aliphatic heterocycles. The average Bonchev–Trinajstić information content (AvgIpc) is 3.79. The number of hydrogen-bond acceptors (Lipinski definition) is 4. The topological polar surface area (TPSA) is 63.0 Å². The minimum Gasteiger partial charge on any atom is -0.379 e. The number of halogens is 2. The van der Waals surface area contributed by atoms with Crippen molar-refractivity contribution in [3.8, 4) is 11.3 Å². The Morgan fingerprint density at radius 1 is 0.873 bits per heavy atom. The number of rotatable bonds is 7. The largest absolute Gasteiger partial charge is 0.379 e. The maximum atomic E-state index is 15.1. The zero-order chi connectivity index (χ0) is 37.6. The first-order valence-electron chi connectivity index (χ1n) is 19.2. The number of ether oxygens (including phenoxy) is 1. The molecule has 0 N–H and O–H groups in total. The van der Waals surface area contributed by atoms with E-state index < -0.39 is 0 Å². The summed E-state index contributed by atoms with van der Waals surface area (Å²) in [5.41, 5.74) is 8.22. The van der Waals surface area contributed by atoms with Crippen LogP contribution in [0.4, 0.5) is 15.8 Å². The number of benzene rings is 4. The Morgan fingerprint density at radius 3 is 2.51 bits per heavy atom. The van der Waals surface area contributed by atoms with Gasteiger partial charge in [-0.05, 0) is 103 Å². The van der Waals surface area contributed by atoms with Gasteiger partial charge in [0.1, 0.15) is 5.82 Å². The van der Waals surface area contributed by atoms with Gasteiger partial charge >= 0.3 is 0 Å². The number of nitrogens with zero attached hydrogens (tertiary/aromatic N) is 5. The summed E-state index contributed by atoms with van der Waals surface area (Å²) in [5.74, 6) is -0.607. The Kier molecular flexibility index (Phi) is 9.54. The van der Waals surface area contributed by atoms with Crippen LogP contribution in [0.5, 0.6) is 0 Å². The first-order valence-corrected chi connectivity index (χ1v) is 19.6. The minimum atomic E-state index is -0.369. The summed E-state index contributed by atoms with van der Waals surface area (Å²) in [6, 6.07) is 29.8. The molecular weight excluding hydrogens is 713 g/mol. The van der Waals surface area contributed by atoms with Crippen molar-refractivity contribution < 1.29 is 18.7 Å². The molecule has 0 spiro atoms. The van der Waals surface area contributed by atoms with Crippen molar-refractivity contribution in [2.24, 2.45) is 7.05 Å². The lowest BCUT2D eigenvalue weighted by molar-refractivity contribution is 0.0193. The van der Waals surface area contributed by atoms with E-state index in [1.165, 1.54) is 12.1 Å². The third-order valence-electron chi connectivity index (χ3n) is 11.6. The van der Waals surface area contributed by atoms with Crippen molar-refractivity contribution in [3.05, 3.63) is 142 Å². The predicted octanol–water partition coefficient (Wildman–Crippen LogP) is 8.65. The molecule has 0 aliphatic carbocycles. The summed E-state index contributed by atoms with van der Waals surface area (Å²) in [7, 11) is 1.98. The molecule has 2 amide bonds. The Hall–Kier alpha value is -5.22. The zero-order valence-electron chi connectivity index (χ0n) is 30.9. The van der Waals surface area contributed by atoms with Gasteiger partial charge in [-0.1, -0.05) is 48.0 Å². The third-order valence-corrected chi connectivity index (χ3v) is 12.0. The molecule has 8 nitrogen and oxygen atoms in total. The molecule has 1 atom stereocenters. The van der Waals surface area contributed by atoms with Gasteiger partial charge in [-0.3, -0.25) is 19.4 Å². The van der Waals surface area contributed by atoms with E-state index in [2.05, 4.69) is 15.5 Å². The molecule has 0 saturated carbocycles. The quantitative estimate of drug-likeness (QED) is 0.164. The van der Waals surface area contributed by atoms with Crippen LogP contribution in [0.15, 0.2) is 103 Å². The van der Waals surface area contributed by atoms with Gasteiger partial charge in [-0.2, -0.15) is 0 Å². The van der Waals surface area contributed by atoms with Crippen molar-refractivity contribution >= 4 is 45.7 Å². The normalized spacial score (nSPS) is 17.2. The fraction of sp³-hybridized carbons (Fsp3) is 0.289. The average molecular weight is 756 g/mol. The molecule has 2 aromatic heterocycles. The van der Waals surface area contributed by atoms with Gasteiger partial charge in [-0.25, -0.2) is 4.39 Å². The van der Waals surface area contributed by atoms with Crippen molar-refractivity contribution in [2.75, 3.05) is 37.7 Å². The Labute approximate surface area is 325 Å². The molecule has 0 bridgehead atoms. The van der Waals surface area contributed by atoms with E-state index in [1.807, 2.05) is 89.4 Å². The first kappa shape index (κ1) is 35.5. The van der Waals surface area contributed by atoms with Gasteiger partial charge in [0.25, 0.3) is 11.8 Å². The number of aryl methyl sites for hydroxylation is 1. The molecular formula is C45H43ClFN5O3. The standard InChI is InChI=1S/C45H43ClFN5O3/c1-48-20-18-30-12-15-34(26-42(30)48)52(33-16-13-32(47)14-17-33)45(54)39-27-43(50-19-5-4-11-41(39)50)36-8-2-3-9-37(36)44(53)51-28-31-7-6-10-40(46)38(31)25-35(51)29-49-21-23-55-24-22-49/h2-3,6-10,12-18,20,26-27,35H,4-5,11,19,21-25,28-29H2,1H3/t35-/m0/s1. The van der Waals surface area contributed by atoms with Crippen LogP contribution < -0.4 is 4.90 Å². The molecule has 10 heteroatoms. The summed E-state index contributed by atoms with van der Waals surface area (Å²) in [6.07, 6.45) is 5.32. The summed E-state index contributed by atoms with van der Waals surface area (Å²) in [4.78, 5) is 36.2. The number of carbonyl (C=O) groups is 2. The summed E-state index contributed by atoms with van der Waals surface area (Å²) >= 11 is 6.74. The second kappa shape index (κ2) is 14.8. The molecule has 55 heavy (non-hydrogen) atoms. The zero-order valence-corrected chi connectivity index (χ0v) is 31.6.